The highest BCUT2D eigenvalue weighted by Crippen LogP contribution is 2.61. The Balaban J connectivity index is 2.34. The molecule has 2 saturated carbocycles. The van der Waals surface area contributed by atoms with Gasteiger partial charge in [-0.2, -0.15) is 0 Å². The van der Waals surface area contributed by atoms with Crippen molar-refractivity contribution >= 4 is 26.2 Å². The van der Waals surface area contributed by atoms with Crippen LogP contribution in [0.25, 0.3) is 0 Å². The third kappa shape index (κ3) is 6.37. The van der Waals surface area contributed by atoms with E-state index >= 15 is 0 Å². The van der Waals surface area contributed by atoms with Crippen LogP contribution in [0.3, 0.4) is 0 Å². The Morgan fingerprint density at radius 3 is 2.00 bits per heavy atom. The van der Waals surface area contributed by atoms with Crippen LogP contribution in [0.15, 0.2) is 11.1 Å². The average molecular weight is 611 g/mol. The first-order valence-corrected chi connectivity index (χ1v) is 18.2. The van der Waals surface area contributed by atoms with E-state index in [9.17, 15) is 24.6 Å². The summed E-state index contributed by atoms with van der Waals surface area (Å²) in [5.41, 5.74) is -1.21. The smallest absolute Gasteiger partial charge is 0.303 e. The maximum atomic E-state index is 12.8. The highest BCUT2D eigenvalue weighted by Gasteiger charge is 2.66. The van der Waals surface area contributed by atoms with E-state index in [1.54, 1.807) is 0 Å². The van der Waals surface area contributed by atoms with E-state index in [-0.39, 0.29) is 18.4 Å². The van der Waals surface area contributed by atoms with Crippen LogP contribution in [-0.4, -0.2) is 73.1 Å². The van der Waals surface area contributed by atoms with Crippen molar-refractivity contribution in [2.75, 3.05) is 6.61 Å². The van der Waals surface area contributed by atoms with Gasteiger partial charge in [-0.15, -0.1) is 0 Å². The first kappa shape index (κ1) is 34.7. The van der Waals surface area contributed by atoms with Gasteiger partial charge in [-0.05, 0) is 72.7 Å². The van der Waals surface area contributed by atoms with Crippen molar-refractivity contribution in [3.8, 4) is 0 Å². The lowest BCUT2D eigenvalue weighted by atomic mass is 9.48. The van der Waals surface area contributed by atoms with Crippen LogP contribution in [-0.2, 0) is 33.0 Å². The summed E-state index contributed by atoms with van der Waals surface area (Å²) in [6.45, 7) is 18.4. The third-order valence-corrected chi connectivity index (χ3v) is 15.6. The molecule has 0 radical (unpaired) electrons. The van der Waals surface area contributed by atoms with Gasteiger partial charge in [0.1, 0.15) is 24.4 Å². The third-order valence-electron chi connectivity index (χ3n) is 11.0. The number of carbonyl (C=O) groups is 3. The molecule has 240 valence electrons. The van der Waals surface area contributed by atoms with Crippen LogP contribution in [0.5, 0.6) is 0 Å². The van der Waals surface area contributed by atoms with Gasteiger partial charge < -0.3 is 28.8 Å². The van der Waals surface area contributed by atoms with E-state index in [1.807, 2.05) is 6.92 Å². The first-order chi connectivity index (χ1) is 19.4. The molecule has 3 rings (SSSR count). The molecule has 9 nitrogen and oxygen atoms in total. The Morgan fingerprint density at radius 1 is 0.929 bits per heavy atom. The highest BCUT2D eigenvalue weighted by molar-refractivity contribution is 6.73. The van der Waals surface area contributed by atoms with Crippen LogP contribution < -0.4 is 0 Å². The fourth-order valence-corrected chi connectivity index (χ4v) is 11.5. The Kier molecular flexibility index (Phi) is 10.5. The maximum Gasteiger partial charge on any atom is 0.303 e. The number of rotatable bonds is 9. The molecule has 2 fully saturated rings. The minimum absolute atomic E-state index is 0.250. The van der Waals surface area contributed by atoms with Gasteiger partial charge in [0.15, 0.2) is 8.32 Å². The van der Waals surface area contributed by atoms with Gasteiger partial charge in [-0.1, -0.05) is 41.5 Å². The average Bonchev–Trinajstić information content (AvgIpc) is 2.88. The zero-order valence-corrected chi connectivity index (χ0v) is 28.4. The molecule has 10 heteroatoms. The number of hydrogen-bond donors (Lipinski definition) is 2. The van der Waals surface area contributed by atoms with Crippen LogP contribution >= 0.6 is 0 Å². The summed E-state index contributed by atoms with van der Waals surface area (Å²) in [5, 5.41) is 23.7. The van der Waals surface area contributed by atoms with E-state index < -0.39 is 73.5 Å². The molecule has 0 aliphatic heterocycles. The monoisotopic (exact) mass is 610 g/mol. The lowest BCUT2D eigenvalue weighted by Crippen LogP contribution is -2.68. The predicted molar refractivity (Wildman–Crippen MR) is 161 cm³/mol. The molecule has 0 aromatic carbocycles. The van der Waals surface area contributed by atoms with Gasteiger partial charge in [-0.25, -0.2) is 0 Å². The zero-order chi connectivity index (χ0) is 31.8. The van der Waals surface area contributed by atoms with Crippen LogP contribution in [0.2, 0.25) is 18.1 Å². The van der Waals surface area contributed by atoms with Crippen LogP contribution in [0.4, 0.5) is 0 Å². The van der Waals surface area contributed by atoms with Crippen LogP contribution in [0, 0.1) is 22.7 Å². The number of aliphatic hydroxyl groups is 2. The molecule has 3 aliphatic carbocycles. The molecule has 0 amide bonds. The zero-order valence-electron chi connectivity index (χ0n) is 27.4. The number of carbonyl (C=O) groups excluding carboxylic acids is 3. The van der Waals surface area contributed by atoms with E-state index in [2.05, 4.69) is 41.5 Å². The molecule has 0 aromatic heterocycles. The standard InChI is InChI=1S/C32H54O9Si/c1-11-42(12-2,13-3)41-24-16-23-28(40-22(7)35)29-31(10,15-14-26(36)32(29,37)18-38-20(5)33)17-25(39-21(6)34)27(19(24)4)30(23,8)9/h23-26,28-29,36-37H,11-18H2,1-10H3/t23?,24-,25-,26-,28?,29?,31-,32-/m0/s1. The second kappa shape index (κ2) is 12.7. The number of ether oxygens (including phenoxy) is 3. The predicted octanol–water partition coefficient (Wildman–Crippen LogP) is 5.08. The minimum Gasteiger partial charge on any atom is -0.463 e. The molecule has 0 aromatic rings. The molecule has 2 N–H and O–H groups in total. The second-order valence-electron chi connectivity index (χ2n) is 13.8. The largest absolute Gasteiger partial charge is 0.463 e. The molecular formula is C32H54O9Si. The lowest BCUT2D eigenvalue weighted by Gasteiger charge is -2.61. The molecule has 3 unspecified atom stereocenters. The normalized spacial score (nSPS) is 36.3. The molecule has 0 heterocycles. The molecular weight excluding hydrogens is 556 g/mol. The van der Waals surface area contributed by atoms with Crippen molar-refractivity contribution in [3.05, 3.63) is 11.1 Å². The fraction of sp³-hybridized carbons (Fsp3) is 0.844. The van der Waals surface area contributed by atoms with Crippen molar-refractivity contribution in [2.24, 2.45) is 22.7 Å². The second-order valence-corrected chi connectivity index (χ2v) is 18.6. The van der Waals surface area contributed by atoms with Crippen LogP contribution in [0.1, 0.15) is 94.9 Å². The van der Waals surface area contributed by atoms with Gasteiger partial charge in [0.05, 0.1) is 12.2 Å². The summed E-state index contributed by atoms with van der Waals surface area (Å²) >= 11 is 0. The van der Waals surface area contributed by atoms with E-state index in [1.165, 1.54) is 20.8 Å². The lowest BCUT2D eigenvalue weighted by molar-refractivity contribution is -0.252. The summed E-state index contributed by atoms with van der Waals surface area (Å²) < 4.78 is 24.8. The Morgan fingerprint density at radius 2 is 1.50 bits per heavy atom. The van der Waals surface area contributed by atoms with Gasteiger partial charge in [0, 0.05) is 32.6 Å². The van der Waals surface area contributed by atoms with Crippen molar-refractivity contribution in [1.82, 2.24) is 0 Å². The molecule has 2 bridgehead atoms. The van der Waals surface area contributed by atoms with E-state index in [0.29, 0.717) is 19.3 Å². The van der Waals surface area contributed by atoms with Gasteiger partial charge in [0.2, 0.25) is 0 Å². The highest BCUT2D eigenvalue weighted by atomic mass is 28.4. The van der Waals surface area contributed by atoms with Crippen molar-refractivity contribution < 1.29 is 43.2 Å². The van der Waals surface area contributed by atoms with Crippen molar-refractivity contribution in [1.29, 1.82) is 0 Å². The molecule has 3 aliphatic rings. The Labute approximate surface area is 252 Å². The minimum atomic E-state index is -2.09. The maximum absolute atomic E-state index is 12.8. The summed E-state index contributed by atoms with van der Waals surface area (Å²) in [4.78, 5) is 37.3. The van der Waals surface area contributed by atoms with E-state index in [0.717, 1.165) is 29.3 Å². The molecule has 8 atom stereocenters. The fourth-order valence-electron chi connectivity index (χ4n) is 8.63. The topological polar surface area (TPSA) is 129 Å². The van der Waals surface area contributed by atoms with Gasteiger partial charge >= 0.3 is 17.9 Å². The van der Waals surface area contributed by atoms with Gasteiger partial charge in [-0.3, -0.25) is 14.4 Å². The molecule has 0 saturated heterocycles. The van der Waals surface area contributed by atoms with Crippen molar-refractivity contribution in [3.63, 3.8) is 0 Å². The van der Waals surface area contributed by atoms with Gasteiger partial charge in [0.25, 0.3) is 0 Å². The summed E-state index contributed by atoms with van der Waals surface area (Å²) in [7, 11) is -2.09. The van der Waals surface area contributed by atoms with Crippen molar-refractivity contribution in [2.45, 2.75) is 143 Å². The SMILES string of the molecule is CC[Si](CC)(CC)O[C@H]1CC2C(OC(C)=O)C3[C@@](C)(CC[C@H](O)[C@@]3(O)COC(C)=O)C[C@H](OC(C)=O)C(=C1C)C2(C)C. The van der Waals surface area contributed by atoms with E-state index in [4.69, 9.17) is 18.6 Å². The number of aliphatic hydroxyl groups excluding tert-OH is 1. The number of fused-ring (bicyclic) bond motifs is 3. The summed E-state index contributed by atoms with van der Waals surface area (Å²) in [6, 6.07) is 2.88. The summed E-state index contributed by atoms with van der Waals surface area (Å²) in [6.07, 6.45) is -1.30. The Bertz CT molecular complexity index is 1060. The summed E-state index contributed by atoms with van der Waals surface area (Å²) in [5.74, 6) is -2.64. The quantitative estimate of drug-likeness (QED) is 0.159. The molecule has 0 spiro atoms. The first-order valence-electron chi connectivity index (χ1n) is 15.7. The number of hydrogen-bond acceptors (Lipinski definition) is 9. The Hall–Kier alpha value is -1.75. The molecule has 42 heavy (non-hydrogen) atoms. The number of esters is 3.